The second-order valence-corrected chi connectivity index (χ2v) is 6.56. The molecular formula is C19H24N4O3. The number of para-hydroxylation sites is 1. The van der Waals surface area contributed by atoms with E-state index < -0.39 is 0 Å². The number of nitrogens with one attached hydrogen (secondary N) is 1. The van der Waals surface area contributed by atoms with E-state index in [-0.39, 0.29) is 30.5 Å². The SMILES string of the molecule is CCN(Cc1nc2ccccc2c(=O)[nH]1)C(=O)CN1CCCCCC1=O. The minimum Gasteiger partial charge on any atom is -0.334 e. The number of nitrogens with zero attached hydrogens (tertiary/aromatic N) is 3. The summed E-state index contributed by atoms with van der Waals surface area (Å²) in [5.74, 6) is 0.369. The van der Waals surface area contributed by atoms with E-state index in [0.29, 0.717) is 36.2 Å². The molecule has 26 heavy (non-hydrogen) atoms. The summed E-state index contributed by atoms with van der Waals surface area (Å²) >= 11 is 0. The largest absolute Gasteiger partial charge is 0.334 e. The number of fused-ring (bicyclic) bond motifs is 1. The minimum absolute atomic E-state index is 0.0455. The van der Waals surface area contributed by atoms with Crippen molar-refractivity contribution in [2.24, 2.45) is 0 Å². The highest BCUT2D eigenvalue weighted by Gasteiger charge is 2.22. The van der Waals surface area contributed by atoms with Gasteiger partial charge < -0.3 is 14.8 Å². The van der Waals surface area contributed by atoms with Crippen LogP contribution in [-0.4, -0.2) is 51.2 Å². The van der Waals surface area contributed by atoms with Gasteiger partial charge in [0.1, 0.15) is 5.82 Å². The highest BCUT2D eigenvalue weighted by Crippen LogP contribution is 2.12. The van der Waals surface area contributed by atoms with E-state index in [0.717, 1.165) is 19.3 Å². The number of carbonyl (C=O) groups is 2. The third-order valence-electron chi connectivity index (χ3n) is 4.73. The molecule has 2 aromatic rings. The number of H-pyrrole nitrogens is 1. The fraction of sp³-hybridized carbons (Fsp3) is 0.474. The molecule has 1 aromatic carbocycles. The number of rotatable bonds is 5. The highest BCUT2D eigenvalue weighted by atomic mass is 16.2. The summed E-state index contributed by atoms with van der Waals surface area (Å²) in [5.41, 5.74) is 0.397. The van der Waals surface area contributed by atoms with Crippen LogP contribution in [0.4, 0.5) is 0 Å². The van der Waals surface area contributed by atoms with Gasteiger partial charge in [0.2, 0.25) is 11.8 Å². The number of aromatic amines is 1. The Bertz CT molecular complexity index is 861. The summed E-state index contributed by atoms with van der Waals surface area (Å²) in [5, 5.41) is 0.529. The Kier molecular flexibility index (Phi) is 5.65. The summed E-state index contributed by atoms with van der Waals surface area (Å²) in [6.07, 6.45) is 3.36. The van der Waals surface area contributed by atoms with E-state index in [4.69, 9.17) is 0 Å². The van der Waals surface area contributed by atoms with Crippen LogP contribution >= 0.6 is 0 Å². The second kappa shape index (κ2) is 8.12. The van der Waals surface area contributed by atoms with E-state index in [9.17, 15) is 14.4 Å². The third-order valence-corrected chi connectivity index (χ3v) is 4.73. The summed E-state index contributed by atoms with van der Waals surface area (Å²) in [4.78, 5) is 47.4. The van der Waals surface area contributed by atoms with Gasteiger partial charge in [-0.25, -0.2) is 4.98 Å². The molecule has 0 aliphatic carbocycles. The van der Waals surface area contributed by atoms with Crippen molar-refractivity contribution in [2.75, 3.05) is 19.6 Å². The van der Waals surface area contributed by atoms with Gasteiger partial charge in [0.15, 0.2) is 0 Å². The Labute approximate surface area is 152 Å². The van der Waals surface area contributed by atoms with Crippen LogP contribution in [0.5, 0.6) is 0 Å². The molecule has 7 heteroatoms. The number of hydrogen-bond donors (Lipinski definition) is 1. The van der Waals surface area contributed by atoms with Crippen LogP contribution in [0.2, 0.25) is 0 Å². The van der Waals surface area contributed by atoms with Gasteiger partial charge in [-0.1, -0.05) is 18.6 Å². The lowest BCUT2D eigenvalue weighted by molar-refractivity contribution is -0.140. The van der Waals surface area contributed by atoms with Crippen LogP contribution in [0.15, 0.2) is 29.1 Å². The van der Waals surface area contributed by atoms with Crippen molar-refractivity contribution >= 4 is 22.7 Å². The maximum atomic E-state index is 12.7. The van der Waals surface area contributed by atoms with Gasteiger partial charge in [-0.3, -0.25) is 14.4 Å². The Balaban J connectivity index is 1.73. The van der Waals surface area contributed by atoms with E-state index in [1.54, 1.807) is 28.0 Å². The van der Waals surface area contributed by atoms with Crippen LogP contribution < -0.4 is 5.56 Å². The fourth-order valence-corrected chi connectivity index (χ4v) is 3.24. The first-order valence-corrected chi connectivity index (χ1v) is 9.12. The molecule has 7 nitrogen and oxygen atoms in total. The van der Waals surface area contributed by atoms with E-state index in [1.807, 2.05) is 13.0 Å². The van der Waals surface area contributed by atoms with Gasteiger partial charge in [-0.05, 0) is 31.9 Å². The molecule has 138 valence electrons. The molecule has 1 fully saturated rings. The zero-order valence-corrected chi connectivity index (χ0v) is 15.0. The van der Waals surface area contributed by atoms with Crippen molar-refractivity contribution < 1.29 is 9.59 Å². The number of hydrogen-bond acceptors (Lipinski definition) is 4. The van der Waals surface area contributed by atoms with E-state index in [2.05, 4.69) is 9.97 Å². The molecule has 0 bridgehead atoms. The molecule has 0 atom stereocenters. The van der Waals surface area contributed by atoms with Crippen molar-refractivity contribution in [1.29, 1.82) is 0 Å². The summed E-state index contributed by atoms with van der Waals surface area (Å²) in [6, 6.07) is 7.12. The molecule has 3 rings (SSSR count). The molecule has 1 aliphatic heterocycles. The highest BCUT2D eigenvalue weighted by molar-refractivity contribution is 5.85. The van der Waals surface area contributed by atoms with E-state index in [1.165, 1.54) is 0 Å². The molecule has 0 spiro atoms. The lowest BCUT2D eigenvalue weighted by atomic mass is 10.2. The second-order valence-electron chi connectivity index (χ2n) is 6.56. The van der Waals surface area contributed by atoms with Crippen molar-refractivity contribution in [3.63, 3.8) is 0 Å². The van der Waals surface area contributed by atoms with Gasteiger partial charge in [-0.2, -0.15) is 0 Å². The van der Waals surface area contributed by atoms with E-state index >= 15 is 0 Å². The zero-order valence-electron chi connectivity index (χ0n) is 15.0. The number of likely N-dealkylation sites (N-methyl/N-ethyl adjacent to an activating group) is 1. The third kappa shape index (κ3) is 4.09. The fourth-order valence-electron chi connectivity index (χ4n) is 3.24. The monoisotopic (exact) mass is 356 g/mol. The number of likely N-dealkylation sites (tertiary alicyclic amines) is 1. The first-order chi connectivity index (χ1) is 12.6. The zero-order chi connectivity index (χ0) is 18.5. The quantitative estimate of drug-likeness (QED) is 0.883. The van der Waals surface area contributed by atoms with Crippen LogP contribution in [0.1, 0.15) is 38.4 Å². The molecule has 1 aromatic heterocycles. The molecule has 1 saturated heterocycles. The number of amides is 2. The smallest absolute Gasteiger partial charge is 0.258 e. The molecule has 1 N–H and O–H groups in total. The summed E-state index contributed by atoms with van der Waals surface area (Å²) in [7, 11) is 0. The Morgan fingerprint density at radius 1 is 1.23 bits per heavy atom. The molecule has 0 saturated carbocycles. The predicted octanol–water partition coefficient (Wildman–Crippen LogP) is 1.67. The lowest BCUT2D eigenvalue weighted by Gasteiger charge is -2.25. The van der Waals surface area contributed by atoms with Crippen LogP contribution in [-0.2, 0) is 16.1 Å². The van der Waals surface area contributed by atoms with Crippen LogP contribution in [0.3, 0.4) is 0 Å². The van der Waals surface area contributed by atoms with Gasteiger partial charge in [0.25, 0.3) is 5.56 Å². The lowest BCUT2D eigenvalue weighted by Crippen LogP contribution is -2.42. The maximum absolute atomic E-state index is 12.7. The topological polar surface area (TPSA) is 86.4 Å². The Morgan fingerprint density at radius 3 is 2.85 bits per heavy atom. The van der Waals surface area contributed by atoms with Gasteiger partial charge in [0.05, 0.1) is 24.0 Å². The van der Waals surface area contributed by atoms with Crippen molar-refractivity contribution in [1.82, 2.24) is 19.8 Å². The first-order valence-electron chi connectivity index (χ1n) is 9.12. The molecule has 0 radical (unpaired) electrons. The van der Waals surface area contributed by atoms with Gasteiger partial charge in [0, 0.05) is 19.5 Å². The average molecular weight is 356 g/mol. The van der Waals surface area contributed by atoms with Crippen LogP contribution in [0, 0.1) is 0 Å². The first kappa shape index (κ1) is 18.1. The van der Waals surface area contributed by atoms with Crippen molar-refractivity contribution in [3.8, 4) is 0 Å². The number of benzene rings is 1. The molecule has 2 amide bonds. The summed E-state index contributed by atoms with van der Waals surface area (Å²) < 4.78 is 0. The molecule has 0 unspecified atom stereocenters. The standard InChI is InChI=1S/C19H24N4O3/c1-2-22(18(25)13-23-11-7-3-4-10-17(23)24)12-16-20-15-9-6-5-8-14(15)19(26)21-16/h5-6,8-9H,2-4,7,10-13H2,1H3,(H,20,21,26). The van der Waals surface area contributed by atoms with Gasteiger partial charge >= 0.3 is 0 Å². The summed E-state index contributed by atoms with van der Waals surface area (Å²) in [6.45, 7) is 3.30. The Morgan fingerprint density at radius 2 is 2.04 bits per heavy atom. The van der Waals surface area contributed by atoms with Crippen molar-refractivity contribution in [3.05, 3.63) is 40.4 Å². The molecule has 2 heterocycles. The van der Waals surface area contributed by atoms with Crippen LogP contribution in [0.25, 0.3) is 10.9 Å². The molecule has 1 aliphatic rings. The normalized spacial score (nSPS) is 15.1. The maximum Gasteiger partial charge on any atom is 0.258 e. The van der Waals surface area contributed by atoms with Crippen molar-refractivity contribution in [2.45, 2.75) is 39.2 Å². The number of carbonyl (C=O) groups excluding carboxylic acids is 2. The Hall–Kier alpha value is -2.70. The molecular weight excluding hydrogens is 332 g/mol. The average Bonchev–Trinajstić information content (AvgIpc) is 2.84. The number of aromatic nitrogens is 2. The van der Waals surface area contributed by atoms with Gasteiger partial charge in [-0.15, -0.1) is 0 Å². The minimum atomic E-state index is -0.211. The predicted molar refractivity (Wildman–Crippen MR) is 98.5 cm³/mol.